The highest BCUT2D eigenvalue weighted by molar-refractivity contribution is 7.99. The molecule has 2 aromatic carbocycles. The van der Waals surface area contributed by atoms with Crippen molar-refractivity contribution in [1.82, 2.24) is 24.7 Å². The number of nitrogens with zero attached hydrogens (tertiary/aromatic N) is 5. The van der Waals surface area contributed by atoms with Crippen molar-refractivity contribution in [3.05, 3.63) is 64.4 Å². The van der Waals surface area contributed by atoms with Crippen LogP contribution < -0.4 is 5.84 Å². The fourth-order valence-electron chi connectivity index (χ4n) is 3.55. The maximum atomic E-state index is 14.0. The minimum atomic E-state index is -0.302. The van der Waals surface area contributed by atoms with Gasteiger partial charge in [0.1, 0.15) is 5.82 Å². The van der Waals surface area contributed by atoms with Crippen molar-refractivity contribution in [3.63, 3.8) is 0 Å². The second kappa shape index (κ2) is 9.89. The van der Waals surface area contributed by atoms with Gasteiger partial charge in [0.15, 0.2) is 5.82 Å². The smallest absolute Gasteiger partial charge is 0.233 e. The molecule has 7 nitrogen and oxygen atoms in total. The van der Waals surface area contributed by atoms with Crippen LogP contribution in [0.5, 0.6) is 0 Å². The molecular formula is C22H24ClFN6OS. The van der Waals surface area contributed by atoms with Crippen LogP contribution in [-0.4, -0.2) is 62.5 Å². The summed E-state index contributed by atoms with van der Waals surface area (Å²) >= 11 is 7.40. The first-order chi connectivity index (χ1) is 15.4. The maximum absolute atomic E-state index is 14.0. The summed E-state index contributed by atoms with van der Waals surface area (Å²) in [6, 6.07) is 12.6. The van der Waals surface area contributed by atoms with Crippen LogP contribution in [0.3, 0.4) is 0 Å². The van der Waals surface area contributed by atoms with E-state index in [0.717, 1.165) is 11.1 Å². The number of carbonyl (C=O) groups excluding carboxylic acids is 1. The van der Waals surface area contributed by atoms with Crippen LogP contribution in [0.25, 0.3) is 11.4 Å². The third-order valence-corrected chi connectivity index (χ3v) is 6.75. The quantitative estimate of drug-likeness (QED) is 0.436. The van der Waals surface area contributed by atoms with Crippen molar-refractivity contribution in [2.24, 2.45) is 0 Å². The molecule has 0 spiro atoms. The highest BCUT2D eigenvalue weighted by Gasteiger charge is 2.23. The molecule has 2 heterocycles. The Hall–Kier alpha value is -2.62. The third kappa shape index (κ3) is 5.06. The predicted molar refractivity (Wildman–Crippen MR) is 124 cm³/mol. The Labute approximate surface area is 195 Å². The zero-order chi connectivity index (χ0) is 22.7. The van der Waals surface area contributed by atoms with Crippen LogP contribution in [-0.2, 0) is 11.3 Å². The van der Waals surface area contributed by atoms with Gasteiger partial charge in [0, 0.05) is 48.9 Å². The minimum Gasteiger partial charge on any atom is -0.339 e. The van der Waals surface area contributed by atoms with Crippen molar-refractivity contribution in [1.29, 1.82) is 0 Å². The summed E-state index contributed by atoms with van der Waals surface area (Å²) in [6.07, 6.45) is 0. The molecule has 0 unspecified atom stereocenters. The molecule has 0 bridgehead atoms. The van der Waals surface area contributed by atoms with Gasteiger partial charge in [0.25, 0.3) is 0 Å². The maximum Gasteiger partial charge on any atom is 0.233 e. The molecule has 1 fully saturated rings. The fraction of sp³-hybridized carbons (Fsp3) is 0.318. The Morgan fingerprint density at radius 2 is 1.84 bits per heavy atom. The fourth-order valence-corrected chi connectivity index (χ4v) is 4.54. The van der Waals surface area contributed by atoms with E-state index >= 15 is 0 Å². The van der Waals surface area contributed by atoms with Gasteiger partial charge >= 0.3 is 0 Å². The van der Waals surface area contributed by atoms with Crippen LogP contribution >= 0.6 is 23.4 Å². The number of hydrogen-bond donors (Lipinski definition) is 1. The molecule has 1 aromatic heterocycles. The van der Waals surface area contributed by atoms with Crippen LogP contribution in [0, 0.1) is 12.7 Å². The van der Waals surface area contributed by atoms with Gasteiger partial charge in [-0.05, 0) is 19.1 Å². The van der Waals surface area contributed by atoms with Crippen LogP contribution in [0.1, 0.15) is 11.1 Å². The molecule has 0 atom stereocenters. The number of benzene rings is 2. The van der Waals surface area contributed by atoms with E-state index in [1.807, 2.05) is 36.1 Å². The summed E-state index contributed by atoms with van der Waals surface area (Å²) in [5, 5.41) is 9.21. The molecular weight excluding hydrogens is 451 g/mol. The van der Waals surface area contributed by atoms with E-state index < -0.39 is 0 Å². The van der Waals surface area contributed by atoms with Crippen LogP contribution in [0.2, 0.25) is 5.02 Å². The monoisotopic (exact) mass is 474 g/mol. The summed E-state index contributed by atoms with van der Waals surface area (Å²) in [6.45, 7) is 4.92. The molecule has 168 valence electrons. The number of piperazine rings is 1. The number of rotatable bonds is 6. The molecule has 1 amide bonds. The summed E-state index contributed by atoms with van der Waals surface area (Å²) in [4.78, 5) is 16.6. The molecule has 1 aliphatic rings. The van der Waals surface area contributed by atoms with Crippen molar-refractivity contribution >= 4 is 29.3 Å². The Morgan fingerprint density at radius 1 is 1.12 bits per heavy atom. The van der Waals surface area contributed by atoms with E-state index in [0.29, 0.717) is 54.3 Å². The SMILES string of the molecule is Cc1ccc(-c2nnc(SCC(=O)N3CCN(Cc4c(F)cccc4Cl)CC3)n2N)cc1. The van der Waals surface area contributed by atoms with Gasteiger partial charge < -0.3 is 10.7 Å². The standard InChI is InChI=1S/C22H24ClFN6OS/c1-15-5-7-16(8-6-15)21-26-27-22(30(21)25)32-14-20(31)29-11-9-28(10-12-29)13-17-18(23)3-2-4-19(17)24/h2-8H,9-14,25H2,1H3. The number of amides is 1. The second-order valence-electron chi connectivity index (χ2n) is 7.69. The van der Waals surface area contributed by atoms with E-state index in [1.54, 1.807) is 12.1 Å². The van der Waals surface area contributed by atoms with Gasteiger partial charge in [-0.15, -0.1) is 10.2 Å². The largest absolute Gasteiger partial charge is 0.339 e. The summed E-state index contributed by atoms with van der Waals surface area (Å²) in [5.41, 5.74) is 2.51. The number of thioether (sulfide) groups is 1. The topological polar surface area (TPSA) is 80.3 Å². The van der Waals surface area contributed by atoms with Crippen LogP contribution in [0.4, 0.5) is 4.39 Å². The third-order valence-electron chi connectivity index (χ3n) is 5.47. The van der Waals surface area contributed by atoms with E-state index in [1.165, 1.54) is 22.5 Å². The summed E-state index contributed by atoms with van der Waals surface area (Å²) in [5.74, 6) is 6.64. The number of nitrogen functional groups attached to an aromatic ring is 1. The highest BCUT2D eigenvalue weighted by Crippen LogP contribution is 2.23. The number of hydrogen-bond acceptors (Lipinski definition) is 6. The van der Waals surface area contributed by atoms with E-state index in [2.05, 4.69) is 15.1 Å². The molecule has 10 heteroatoms. The molecule has 0 aliphatic carbocycles. The molecule has 2 N–H and O–H groups in total. The lowest BCUT2D eigenvalue weighted by Gasteiger charge is -2.34. The van der Waals surface area contributed by atoms with Gasteiger partial charge in [-0.1, -0.05) is 59.3 Å². The zero-order valence-electron chi connectivity index (χ0n) is 17.7. The van der Waals surface area contributed by atoms with Crippen molar-refractivity contribution in [2.45, 2.75) is 18.6 Å². The summed E-state index contributed by atoms with van der Waals surface area (Å²) in [7, 11) is 0. The number of aromatic nitrogens is 3. The second-order valence-corrected chi connectivity index (χ2v) is 9.04. The van der Waals surface area contributed by atoms with Gasteiger partial charge in [0.05, 0.1) is 5.75 Å². The van der Waals surface area contributed by atoms with Crippen LogP contribution in [0.15, 0.2) is 47.6 Å². The van der Waals surface area contributed by atoms with E-state index in [-0.39, 0.29) is 17.5 Å². The van der Waals surface area contributed by atoms with Crippen molar-refractivity contribution < 1.29 is 9.18 Å². The van der Waals surface area contributed by atoms with Gasteiger partial charge in [-0.3, -0.25) is 9.69 Å². The summed E-state index contributed by atoms with van der Waals surface area (Å²) < 4.78 is 15.4. The van der Waals surface area contributed by atoms with Gasteiger partial charge in [-0.25, -0.2) is 9.07 Å². The Morgan fingerprint density at radius 3 is 2.53 bits per heavy atom. The normalized spacial score (nSPS) is 14.7. The Kier molecular flexibility index (Phi) is 6.98. The molecule has 32 heavy (non-hydrogen) atoms. The average Bonchev–Trinajstić information content (AvgIpc) is 3.16. The predicted octanol–water partition coefficient (Wildman–Crippen LogP) is 3.20. The molecule has 1 saturated heterocycles. The van der Waals surface area contributed by atoms with E-state index in [4.69, 9.17) is 17.4 Å². The molecule has 0 saturated carbocycles. The lowest BCUT2D eigenvalue weighted by molar-refractivity contribution is -0.130. The lowest BCUT2D eigenvalue weighted by Crippen LogP contribution is -2.48. The first kappa shape index (κ1) is 22.6. The first-order valence-corrected chi connectivity index (χ1v) is 11.6. The molecule has 4 rings (SSSR count). The Bertz CT molecular complexity index is 1080. The van der Waals surface area contributed by atoms with Crippen molar-refractivity contribution in [2.75, 3.05) is 37.8 Å². The van der Waals surface area contributed by atoms with Gasteiger partial charge in [-0.2, -0.15) is 0 Å². The lowest BCUT2D eigenvalue weighted by atomic mass is 10.1. The number of nitrogens with two attached hydrogens (primary N) is 1. The number of aryl methyl sites for hydroxylation is 1. The Balaban J connectivity index is 1.29. The van der Waals surface area contributed by atoms with E-state index in [9.17, 15) is 9.18 Å². The first-order valence-electron chi connectivity index (χ1n) is 10.3. The molecule has 1 aliphatic heterocycles. The highest BCUT2D eigenvalue weighted by atomic mass is 35.5. The number of halogens is 2. The van der Waals surface area contributed by atoms with Crippen molar-refractivity contribution in [3.8, 4) is 11.4 Å². The van der Waals surface area contributed by atoms with Gasteiger partial charge in [0.2, 0.25) is 11.1 Å². The molecule has 0 radical (unpaired) electrons. The number of carbonyl (C=O) groups is 1. The molecule has 3 aromatic rings. The zero-order valence-corrected chi connectivity index (χ0v) is 19.2. The average molecular weight is 475 g/mol. The minimum absolute atomic E-state index is 0.0125.